The van der Waals surface area contributed by atoms with Gasteiger partial charge in [-0.2, -0.15) is 5.26 Å². The van der Waals surface area contributed by atoms with E-state index in [9.17, 15) is 0 Å². The van der Waals surface area contributed by atoms with Crippen LogP contribution in [-0.2, 0) is 0 Å². The molecule has 0 aliphatic heterocycles. The van der Waals surface area contributed by atoms with Crippen molar-refractivity contribution < 1.29 is 4.74 Å². The van der Waals surface area contributed by atoms with E-state index >= 15 is 0 Å². The standard InChI is InChI=1S/C12H15ClN2O/c1-16-10-5-6-11(13)12(9-10)15-8-4-2-3-7-14/h5-6,9,15H,2-4,8H2,1H3. The van der Waals surface area contributed by atoms with Crippen LogP contribution in [0.5, 0.6) is 5.75 Å². The van der Waals surface area contributed by atoms with Gasteiger partial charge in [0.2, 0.25) is 0 Å². The zero-order chi connectivity index (χ0) is 11.8. The number of nitrogens with zero attached hydrogens (tertiary/aromatic N) is 1. The summed E-state index contributed by atoms with van der Waals surface area (Å²) in [6, 6.07) is 7.62. The maximum Gasteiger partial charge on any atom is 0.121 e. The fourth-order valence-corrected chi connectivity index (χ4v) is 1.50. The highest BCUT2D eigenvalue weighted by atomic mass is 35.5. The summed E-state index contributed by atoms with van der Waals surface area (Å²) in [5.41, 5.74) is 0.873. The van der Waals surface area contributed by atoms with Crippen LogP contribution in [0, 0.1) is 11.3 Å². The summed E-state index contributed by atoms with van der Waals surface area (Å²) in [7, 11) is 1.62. The number of anilines is 1. The molecule has 0 amide bonds. The van der Waals surface area contributed by atoms with Gasteiger partial charge in [0.1, 0.15) is 5.75 Å². The molecule has 4 heteroatoms. The summed E-state index contributed by atoms with van der Waals surface area (Å²) >= 11 is 6.02. The molecule has 1 aromatic carbocycles. The highest BCUT2D eigenvalue weighted by Gasteiger charge is 2.01. The minimum atomic E-state index is 0.605. The van der Waals surface area contributed by atoms with E-state index in [1.807, 2.05) is 12.1 Å². The molecule has 0 unspecified atom stereocenters. The van der Waals surface area contributed by atoms with E-state index in [2.05, 4.69) is 11.4 Å². The molecule has 0 fully saturated rings. The van der Waals surface area contributed by atoms with Crippen molar-refractivity contribution in [1.82, 2.24) is 0 Å². The number of nitrogens with one attached hydrogen (secondary N) is 1. The molecule has 3 nitrogen and oxygen atoms in total. The number of methoxy groups -OCH3 is 1. The summed E-state index contributed by atoms with van der Waals surface area (Å²) in [5, 5.41) is 12.3. The topological polar surface area (TPSA) is 45.0 Å². The van der Waals surface area contributed by atoms with Crippen LogP contribution in [0.25, 0.3) is 0 Å². The molecule has 0 saturated heterocycles. The van der Waals surface area contributed by atoms with Gasteiger partial charge in [0.25, 0.3) is 0 Å². The van der Waals surface area contributed by atoms with Gasteiger partial charge in [0.05, 0.1) is 23.9 Å². The molecule has 0 aliphatic carbocycles. The lowest BCUT2D eigenvalue weighted by Crippen LogP contribution is -2.02. The molecule has 1 N–H and O–H groups in total. The first kappa shape index (κ1) is 12.7. The maximum atomic E-state index is 8.39. The molecule has 0 heterocycles. The fraction of sp³-hybridized carbons (Fsp3) is 0.417. The Labute approximate surface area is 101 Å². The molecular weight excluding hydrogens is 224 g/mol. The van der Waals surface area contributed by atoms with E-state index in [0.29, 0.717) is 11.4 Å². The molecule has 0 spiro atoms. The number of rotatable bonds is 6. The number of hydrogen-bond donors (Lipinski definition) is 1. The van der Waals surface area contributed by atoms with Gasteiger partial charge in [-0.15, -0.1) is 0 Å². The number of hydrogen-bond acceptors (Lipinski definition) is 3. The quantitative estimate of drug-likeness (QED) is 0.772. The second-order valence-electron chi connectivity index (χ2n) is 3.39. The summed E-state index contributed by atoms with van der Waals surface area (Å²) in [5.74, 6) is 0.781. The van der Waals surface area contributed by atoms with Crippen molar-refractivity contribution in [3.8, 4) is 11.8 Å². The van der Waals surface area contributed by atoms with Crippen molar-refractivity contribution in [3.63, 3.8) is 0 Å². The SMILES string of the molecule is COc1ccc(Cl)c(NCCCCC#N)c1. The first-order valence-electron chi connectivity index (χ1n) is 5.22. The van der Waals surface area contributed by atoms with Crippen molar-refractivity contribution in [3.05, 3.63) is 23.2 Å². The molecule has 1 rings (SSSR count). The third kappa shape index (κ3) is 4.00. The Balaban J connectivity index is 2.43. The van der Waals surface area contributed by atoms with Crippen LogP contribution in [-0.4, -0.2) is 13.7 Å². The van der Waals surface area contributed by atoms with E-state index < -0.39 is 0 Å². The molecule has 16 heavy (non-hydrogen) atoms. The second kappa shape index (κ2) is 6.97. The van der Waals surface area contributed by atoms with Crippen molar-refractivity contribution in [2.45, 2.75) is 19.3 Å². The van der Waals surface area contributed by atoms with Crippen LogP contribution < -0.4 is 10.1 Å². The molecule has 0 atom stereocenters. The van der Waals surface area contributed by atoms with Gasteiger partial charge >= 0.3 is 0 Å². The number of nitriles is 1. The van der Waals surface area contributed by atoms with Crippen LogP contribution in [0.4, 0.5) is 5.69 Å². The Kier molecular flexibility index (Phi) is 5.52. The summed E-state index contributed by atoms with van der Waals surface area (Å²) in [6.07, 6.45) is 2.47. The zero-order valence-electron chi connectivity index (χ0n) is 9.29. The monoisotopic (exact) mass is 238 g/mol. The van der Waals surface area contributed by atoms with Gasteiger partial charge in [-0.1, -0.05) is 11.6 Å². The molecule has 0 radical (unpaired) electrons. The predicted octanol–water partition coefficient (Wildman–Crippen LogP) is 3.45. The molecule has 0 aliphatic rings. The lowest BCUT2D eigenvalue weighted by Gasteiger charge is -2.09. The third-order valence-corrected chi connectivity index (χ3v) is 2.53. The Morgan fingerprint density at radius 2 is 2.25 bits per heavy atom. The minimum Gasteiger partial charge on any atom is -0.497 e. The average molecular weight is 239 g/mol. The molecule has 0 saturated carbocycles. The Morgan fingerprint density at radius 3 is 2.94 bits per heavy atom. The van der Waals surface area contributed by atoms with Crippen molar-refractivity contribution in [1.29, 1.82) is 5.26 Å². The van der Waals surface area contributed by atoms with Gasteiger partial charge in [-0.25, -0.2) is 0 Å². The number of halogens is 1. The molecule has 0 bridgehead atoms. The predicted molar refractivity (Wildman–Crippen MR) is 66.0 cm³/mol. The van der Waals surface area contributed by atoms with Gasteiger partial charge < -0.3 is 10.1 Å². The highest BCUT2D eigenvalue weighted by molar-refractivity contribution is 6.33. The second-order valence-corrected chi connectivity index (χ2v) is 3.79. The van der Waals surface area contributed by atoms with Crippen molar-refractivity contribution in [2.75, 3.05) is 19.0 Å². The van der Waals surface area contributed by atoms with Gasteiger partial charge in [-0.3, -0.25) is 0 Å². The zero-order valence-corrected chi connectivity index (χ0v) is 10.0. The first-order chi connectivity index (χ1) is 7.77. The summed E-state index contributed by atoms with van der Waals surface area (Å²) < 4.78 is 5.11. The van der Waals surface area contributed by atoms with Crippen molar-refractivity contribution >= 4 is 17.3 Å². The summed E-state index contributed by atoms with van der Waals surface area (Å²) in [4.78, 5) is 0. The third-order valence-electron chi connectivity index (χ3n) is 2.20. The first-order valence-corrected chi connectivity index (χ1v) is 5.60. The molecule has 0 aromatic heterocycles. The maximum absolute atomic E-state index is 8.39. The van der Waals surface area contributed by atoms with E-state index in [-0.39, 0.29) is 0 Å². The van der Waals surface area contributed by atoms with Gasteiger partial charge in [-0.05, 0) is 25.0 Å². The van der Waals surface area contributed by atoms with Crippen LogP contribution in [0.3, 0.4) is 0 Å². The average Bonchev–Trinajstić information content (AvgIpc) is 2.31. The van der Waals surface area contributed by atoms with Crippen LogP contribution in [0.15, 0.2) is 18.2 Å². The molecule has 1 aromatic rings. The van der Waals surface area contributed by atoms with E-state index in [1.165, 1.54) is 0 Å². The number of ether oxygens (including phenoxy) is 1. The van der Waals surface area contributed by atoms with E-state index in [4.69, 9.17) is 21.6 Å². The largest absolute Gasteiger partial charge is 0.497 e. The Hall–Kier alpha value is -1.40. The smallest absolute Gasteiger partial charge is 0.121 e. The number of benzene rings is 1. The Bertz CT molecular complexity index is 374. The lowest BCUT2D eigenvalue weighted by atomic mass is 10.2. The molecular formula is C12H15ClN2O. The lowest BCUT2D eigenvalue weighted by molar-refractivity contribution is 0.415. The van der Waals surface area contributed by atoms with Crippen LogP contribution >= 0.6 is 11.6 Å². The van der Waals surface area contributed by atoms with Crippen LogP contribution in [0.1, 0.15) is 19.3 Å². The van der Waals surface area contributed by atoms with Gasteiger partial charge in [0.15, 0.2) is 0 Å². The van der Waals surface area contributed by atoms with Crippen LogP contribution in [0.2, 0.25) is 5.02 Å². The summed E-state index contributed by atoms with van der Waals surface area (Å²) in [6.45, 7) is 0.814. The van der Waals surface area contributed by atoms with E-state index in [1.54, 1.807) is 13.2 Å². The van der Waals surface area contributed by atoms with E-state index in [0.717, 1.165) is 30.8 Å². The normalized spacial score (nSPS) is 9.56. The fourth-order valence-electron chi connectivity index (χ4n) is 1.32. The Morgan fingerprint density at radius 1 is 1.44 bits per heavy atom. The number of unbranched alkanes of at least 4 members (excludes halogenated alkanes) is 2. The highest BCUT2D eigenvalue weighted by Crippen LogP contribution is 2.26. The van der Waals surface area contributed by atoms with Gasteiger partial charge in [0, 0.05) is 19.0 Å². The minimum absolute atomic E-state index is 0.605. The van der Waals surface area contributed by atoms with Crippen molar-refractivity contribution in [2.24, 2.45) is 0 Å². The molecule has 86 valence electrons.